The first-order chi connectivity index (χ1) is 21.1. The van der Waals surface area contributed by atoms with E-state index in [1.165, 1.54) is 4.90 Å². The van der Waals surface area contributed by atoms with Crippen molar-refractivity contribution in [3.8, 4) is 0 Å². The van der Waals surface area contributed by atoms with Crippen molar-refractivity contribution < 1.29 is 32.3 Å². The van der Waals surface area contributed by atoms with Gasteiger partial charge in [-0.15, -0.1) is 0 Å². The molecule has 1 aliphatic heterocycles. The number of nitrogens with zero attached hydrogens (tertiary/aromatic N) is 1. The zero-order chi connectivity index (χ0) is 33.6. The van der Waals surface area contributed by atoms with E-state index in [2.05, 4.69) is 21.3 Å². The average molecular weight is 648 g/mol. The van der Waals surface area contributed by atoms with Crippen molar-refractivity contribution in [1.29, 1.82) is 0 Å². The fraction of sp³-hybridized carbons (Fsp3) is 0.562. The number of ether oxygens (including phenoxy) is 1. The molecule has 1 fully saturated rings. The summed E-state index contributed by atoms with van der Waals surface area (Å²) in [5, 5.41) is 2.64. The van der Waals surface area contributed by atoms with Crippen LogP contribution in [0, 0.1) is 5.92 Å². The summed E-state index contributed by atoms with van der Waals surface area (Å²) in [5.41, 5.74) is 5.62. The van der Waals surface area contributed by atoms with E-state index in [0.717, 1.165) is 12.8 Å². The highest BCUT2D eigenvalue weighted by Crippen LogP contribution is 2.22. The third-order valence-corrected chi connectivity index (χ3v) is 8.25. The van der Waals surface area contributed by atoms with E-state index >= 15 is 0 Å². The summed E-state index contributed by atoms with van der Waals surface area (Å²) in [6.45, 7) is 11.5. The molecule has 1 saturated heterocycles. The van der Waals surface area contributed by atoms with Crippen LogP contribution in [0.3, 0.4) is 0 Å². The van der Waals surface area contributed by atoms with Crippen LogP contribution in [0.4, 0.5) is 10.5 Å². The van der Waals surface area contributed by atoms with Crippen LogP contribution in [-0.4, -0.2) is 61.4 Å². The van der Waals surface area contributed by atoms with Crippen LogP contribution in [0.25, 0.3) is 0 Å². The van der Waals surface area contributed by atoms with Gasteiger partial charge in [0.05, 0.1) is 5.69 Å². The first kappa shape index (κ1) is 37.3. The van der Waals surface area contributed by atoms with Gasteiger partial charge in [0.15, 0.2) is 0 Å². The lowest BCUT2D eigenvalue weighted by Gasteiger charge is -2.29. The van der Waals surface area contributed by atoms with E-state index in [9.17, 15) is 27.6 Å². The van der Waals surface area contributed by atoms with Gasteiger partial charge in [0.25, 0.3) is 0 Å². The second-order valence-electron chi connectivity index (χ2n) is 12.2. The van der Waals surface area contributed by atoms with Gasteiger partial charge >= 0.3 is 16.3 Å². The molecule has 0 radical (unpaired) electrons. The summed E-state index contributed by atoms with van der Waals surface area (Å²) in [6.07, 6.45) is 8.67. The van der Waals surface area contributed by atoms with Gasteiger partial charge in [-0.1, -0.05) is 43.9 Å². The second-order valence-corrected chi connectivity index (χ2v) is 13.6. The van der Waals surface area contributed by atoms with Crippen molar-refractivity contribution in [3.05, 3.63) is 54.6 Å². The van der Waals surface area contributed by atoms with Gasteiger partial charge in [-0.25, -0.2) is 9.52 Å². The molecule has 0 unspecified atom stereocenters. The third-order valence-electron chi connectivity index (χ3n) is 7.27. The SMILES string of the molecule is C=C(CCCC/C=C\CC[C@@H](CC)C(=O)NS(=O)(=O)Nc1ccccc1)[C@H](NC(=O)OC(C)(C)C)C(=O)N1CCC[C@H]1C(N)=O. The Hall–Kier alpha value is -3.87. The Balaban J connectivity index is 1.82. The van der Waals surface area contributed by atoms with E-state index in [-0.39, 0.29) is 0 Å². The highest BCUT2D eigenvalue weighted by molar-refractivity contribution is 7.91. The van der Waals surface area contributed by atoms with Gasteiger partial charge in [0.1, 0.15) is 17.7 Å². The quantitative estimate of drug-likeness (QED) is 0.144. The van der Waals surface area contributed by atoms with Gasteiger partial charge in [-0.2, -0.15) is 8.42 Å². The fourth-order valence-electron chi connectivity index (χ4n) is 4.97. The van der Waals surface area contributed by atoms with Crippen molar-refractivity contribution in [1.82, 2.24) is 14.9 Å². The number of primary amides is 1. The molecule has 5 N–H and O–H groups in total. The lowest BCUT2D eigenvalue weighted by atomic mass is 9.99. The molecule has 12 nitrogen and oxygen atoms in total. The maximum absolute atomic E-state index is 13.4. The van der Waals surface area contributed by atoms with Crippen molar-refractivity contribution in [2.75, 3.05) is 11.3 Å². The number of nitrogens with one attached hydrogen (secondary N) is 3. The van der Waals surface area contributed by atoms with E-state index in [1.54, 1.807) is 51.1 Å². The molecule has 4 amide bonds. The topological polar surface area (TPSA) is 177 Å². The molecule has 3 atom stereocenters. The van der Waals surface area contributed by atoms with Gasteiger partial charge in [-0.05, 0) is 96.3 Å². The number of allylic oxidation sites excluding steroid dienone is 2. The molecular weight excluding hydrogens is 598 g/mol. The zero-order valence-electron chi connectivity index (χ0n) is 26.8. The van der Waals surface area contributed by atoms with Crippen LogP contribution in [0.15, 0.2) is 54.6 Å². The van der Waals surface area contributed by atoms with Crippen LogP contribution in [0.2, 0.25) is 0 Å². The number of likely N-dealkylation sites (tertiary alicyclic amines) is 1. The number of anilines is 1. The molecule has 1 aliphatic rings. The molecule has 45 heavy (non-hydrogen) atoms. The average Bonchev–Trinajstić information content (AvgIpc) is 3.44. The van der Waals surface area contributed by atoms with E-state index in [1.807, 2.05) is 19.1 Å². The molecule has 13 heteroatoms. The molecule has 1 aromatic rings. The minimum absolute atomic E-state index is 0.363. The van der Waals surface area contributed by atoms with Crippen molar-refractivity contribution in [2.45, 2.75) is 103 Å². The largest absolute Gasteiger partial charge is 0.444 e. The molecule has 0 spiro atoms. The summed E-state index contributed by atoms with van der Waals surface area (Å²) >= 11 is 0. The lowest BCUT2D eigenvalue weighted by molar-refractivity contribution is -0.138. The molecule has 0 bridgehead atoms. The number of alkyl carbamates (subject to hydrolysis) is 1. The Labute approximate surface area is 267 Å². The first-order valence-corrected chi connectivity index (χ1v) is 16.9. The number of amides is 4. The van der Waals surface area contributed by atoms with Crippen LogP contribution in [-0.2, 0) is 29.3 Å². The number of carbonyl (C=O) groups excluding carboxylic acids is 4. The molecule has 1 heterocycles. The molecule has 0 aromatic heterocycles. The van der Waals surface area contributed by atoms with Crippen LogP contribution in [0.5, 0.6) is 0 Å². The maximum Gasteiger partial charge on any atom is 0.408 e. The number of rotatable bonds is 17. The van der Waals surface area contributed by atoms with Crippen LogP contribution in [0.1, 0.15) is 85.5 Å². The smallest absolute Gasteiger partial charge is 0.408 e. The molecule has 0 aliphatic carbocycles. The number of carbonyl (C=O) groups is 4. The van der Waals surface area contributed by atoms with Gasteiger partial charge < -0.3 is 20.7 Å². The summed E-state index contributed by atoms with van der Waals surface area (Å²) in [4.78, 5) is 51.8. The number of hydrogen-bond acceptors (Lipinski definition) is 7. The summed E-state index contributed by atoms with van der Waals surface area (Å²) < 4.78 is 34.4. The van der Waals surface area contributed by atoms with E-state index in [0.29, 0.717) is 62.8 Å². The highest BCUT2D eigenvalue weighted by atomic mass is 32.2. The molecule has 1 aromatic carbocycles. The predicted molar refractivity (Wildman–Crippen MR) is 174 cm³/mol. The second kappa shape index (κ2) is 17.6. The van der Waals surface area contributed by atoms with Crippen LogP contribution >= 0.6 is 0 Å². The Morgan fingerprint density at radius 2 is 1.78 bits per heavy atom. The van der Waals surface area contributed by atoms with Crippen molar-refractivity contribution >= 4 is 39.7 Å². The van der Waals surface area contributed by atoms with Gasteiger partial charge in [-0.3, -0.25) is 19.1 Å². The van der Waals surface area contributed by atoms with Gasteiger partial charge in [0, 0.05) is 12.5 Å². The standard InChI is InChI=1S/C32H49N5O7S/c1-6-24(29(39)36-45(42,43)35-25-19-14-11-15-20-25)18-13-10-8-7-9-12-17-23(2)27(34-31(41)44-32(3,4)5)30(40)37-22-16-21-26(37)28(33)38/h8,10-11,14-15,19-20,24,26-27,35H,2,6-7,9,12-13,16-18,21-22H2,1,3-5H3,(H2,33,38)(H,34,41)(H,36,39)/b10-8-/t24-,26+,27+/m1/s1. The summed E-state index contributed by atoms with van der Waals surface area (Å²) in [5.74, 6) is -2.01. The summed E-state index contributed by atoms with van der Waals surface area (Å²) in [6, 6.07) is 6.57. The number of benzene rings is 1. The summed E-state index contributed by atoms with van der Waals surface area (Å²) in [7, 11) is -4.03. The Bertz CT molecular complexity index is 1310. The zero-order valence-corrected chi connectivity index (χ0v) is 27.7. The maximum atomic E-state index is 13.4. The number of para-hydroxylation sites is 1. The monoisotopic (exact) mass is 647 g/mol. The van der Waals surface area contributed by atoms with Crippen molar-refractivity contribution in [2.24, 2.45) is 11.7 Å². The third kappa shape index (κ3) is 13.3. The molecule has 0 saturated carbocycles. The fourth-order valence-corrected chi connectivity index (χ4v) is 5.90. The predicted octanol–water partition coefficient (Wildman–Crippen LogP) is 4.31. The lowest BCUT2D eigenvalue weighted by Crippen LogP contribution is -2.54. The minimum Gasteiger partial charge on any atom is -0.444 e. The number of hydrogen-bond donors (Lipinski definition) is 4. The normalized spacial score (nSPS) is 16.5. The van der Waals surface area contributed by atoms with E-state index in [4.69, 9.17) is 10.5 Å². The van der Waals surface area contributed by atoms with Gasteiger partial charge in [0.2, 0.25) is 17.7 Å². The minimum atomic E-state index is -4.03. The van der Waals surface area contributed by atoms with E-state index < -0.39 is 57.6 Å². The van der Waals surface area contributed by atoms with Crippen LogP contribution < -0.4 is 20.5 Å². The first-order valence-electron chi connectivity index (χ1n) is 15.4. The Morgan fingerprint density at radius 1 is 1.11 bits per heavy atom. The number of nitrogens with two attached hydrogens (primary N) is 1. The Kier molecular flexibility index (Phi) is 14.6. The highest BCUT2D eigenvalue weighted by Gasteiger charge is 2.38. The molecular formula is C32H49N5O7S. The Morgan fingerprint density at radius 3 is 2.40 bits per heavy atom. The molecule has 2 rings (SSSR count). The number of unbranched alkanes of at least 4 members (excludes halogenated alkanes) is 2. The molecule has 250 valence electrons. The van der Waals surface area contributed by atoms with Crippen molar-refractivity contribution in [3.63, 3.8) is 0 Å².